The van der Waals surface area contributed by atoms with Crippen molar-refractivity contribution in [2.45, 2.75) is 52.1 Å². The second-order valence-electron chi connectivity index (χ2n) is 4.52. The highest BCUT2D eigenvalue weighted by molar-refractivity contribution is 5.77. The molecule has 3 nitrogen and oxygen atoms in total. The van der Waals surface area contributed by atoms with Crippen molar-refractivity contribution in [3.63, 3.8) is 0 Å². The average molecular weight is 227 g/mol. The van der Waals surface area contributed by atoms with Crippen molar-refractivity contribution in [2.24, 2.45) is 0 Å². The first-order valence-electron chi connectivity index (χ1n) is 6.62. The summed E-state index contributed by atoms with van der Waals surface area (Å²) in [5.41, 5.74) is 0. The maximum atomic E-state index is 11.2. The molecule has 0 radical (unpaired) electrons. The lowest BCUT2D eigenvalue weighted by atomic mass is 10.1. The van der Waals surface area contributed by atoms with Gasteiger partial charge in [0.15, 0.2) is 0 Å². The lowest BCUT2D eigenvalue weighted by Gasteiger charge is -2.32. The fraction of sp³-hybridized carbons (Fsp3) is 0.923. The Morgan fingerprint density at radius 3 is 2.94 bits per heavy atom. The summed E-state index contributed by atoms with van der Waals surface area (Å²) in [5, 5.41) is 0. The highest BCUT2D eigenvalue weighted by Crippen LogP contribution is 2.13. The predicted octanol–water partition coefficient (Wildman–Crippen LogP) is 2.25. The van der Waals surface area contributed by atoms with Crippen molar-refractivity contribution in [1.29, 1.82) is 0 Å². The molecule has 94 valence electrons. The van der Waals surface area contributed by atoms with Crippen LogP contribution < -0.4 is 0 Å². The SMILES string of the molecule is CCOC1CCCN(CCCC(=O)CC)C1. The maximum Gasteiger partial charge on any atom is 0.132 e. The van der Waals surface area contributed by atoms with E-state index >= 15 is 0 Å². The van der Waals surface area contributed by atoms with Crippen LogP contribution in [0.1, 0.15) is 46.0 Å². The summed E-state index contributed by atoms with van der Waals surface area (Å²) in [6, 6.07) is 0. The normalized spacial score (nSPS) is 22.2. The number of ketones is 1. The monoisotopic (exact) mass is 227 g/mol. The Hall–Kier alpha value is -0.410. The summed E-state index contributed by atoms with van der Waals surface area (Å²) in [5.74, 6) is 0.387. The standard InChI is InChI=1S/C13H25NO2/c1-3-12(15)7-5-9-14-10-6-8-13(11-14)16-4-2/h13H,3-11H2,1-2H3. The van der Waals surface area contributed by atoms with Crippen LogP contribution in [-0.2, 0) is 9.53 Å². The molecule has 0 aromatic rings. The van der Waals surface area contributed by atoms with Gasteiger partial charge in [0.05, 0.1) is 6.10 Å². The van der Waals surface area contributed by atoms with E-state index in [0.29, 0.717) is 18.3 Å². The van der Waals surface area contributed by atoms with Crippen molar-refractivity contribution < 1.29 is 9.53 Å². The number of Topliss-reactive ketones (excluding diaryl/α,β-unsaturated/α-hetero) is 1. The first-order chi connectivity index (χ1) is 7.76. The van der Waals surface area contributed by atoms with E-state index in [9.17, 15) is 4.79 Å². The summed E-state index contributed by atoms with van der Waals surface area (Å²) >= 11 is 0. The number of carbonyl (C=O) groups excluding carboxylic acids is 1. The molecule has 16 heavy (non-hydrogen) atoms. The fourth-order valence-corrected chi connectivity index (χ4v) is 2.26. The van der Waals surface area contributed by atoms with Crippen LogP contribution in [0.25, 0.3) is 0 Å². The van der Waals surface area contributed by atoms with E-state index in [1.807, 2.05) is 6.92 Å². The molecule has 0 bridgehead atoms. The third-order valence-electron chi connectivity index (χ3n) is 3.19. The van der Waals surface area contributed by atoms with Gasteiger partial charge in [-0.25, -0.2) is 0 Å². The number of rotatable bonds is 7. The third kappa shape index (κ3) is 5.08. The van der Waals surface area contributed by atoms with Crippen molar-refractivity contribution in [3.8, 4) is 0 Å². The van der Waals surface area contributed by atoms with Crippen LogP contribution >= 0.6 is 0 Å². The van der Waals surface area contributed by atoms with Gasteiger partial charge in [0, 0.05) is 26.0 Å². The molecule has 0 aromatic carbocycles. The van der Waals surface area contributed by atoms with Crippen LogP contribution in [0, 0.1) is 0 Å². The largest absolute Gasteiger partial charge is 0.377 e. The van der Waals surface area contributed by atoms with Crippen LogP contribution in [0.2, 0.25) is 0 Å². The Bertz CT molecular complexity index is 204. The summed E-state index contributed by atoms with van der Waals surface area (Å²) < 4.78 is 5.65. The average Bonchev–Trinajstić information content (AvgIpc) is 2.30. The van der Waals surface area contributed by atoms with E-state index in [1.165, 1.54) is 19.4 Å². The molecular weight excluding hydrogens is 202 g/mol. The molecule has 0 N–H and O–H groups in total. The van der Waals surface area contributed by atoms with Crippen LogP contribution in [0.5, 0.6) is 0 Å². The fourth-order valence-electron chi connectivity index (χ4n) is 2.26. The second-order valence-corrected chi connectivity index (χ2v) is 4.52. The summed E-state index contributed by atoms with van der Waals surface area (Å²) in [6.45, 7) is 8.08. The summed E-state index contributed by atoms with van der Waals surface area (Å²) in [4.78, 5) is 13.6. The number of hydrogen-bond donors (Lipinski definition) is 0. The van der Waals surface area contributed by atoms with Gasteiger partial charge in [0.25, 0.3) is 0 Å². The van der Waals surface area contributed by atoms with Gasteiger partial charge in [-0.1, -0.05) is 6.92 Å². The first-order valence-corrected chi connectivity index (χ1v) is 6.62. The number of likely N-dealkylation sites (tertiary alicyclic amines) is 1. The zero-order valence-corrected chi connectivity index (χ0v) is 10.7. The van der Waals surface area contributed by atoms with Crippen LogP contribution in [0.15, 0.2) is 0 Å². The molecule has 1 unspecified atom stereocenters. The molecule has 0 aromatic heterocycles. The number of ether oxygens (including phenoxy) is 1. The highest BCUT2D eigenvalue weighted by Gasteiger charge is 2.19. The van der Waals surface area contributed by atoms with E-state index < -0.39 is 0 Å². The molecule has 0 amide bonds. The Kier molecular flexibility index (Phi) is 6.65. The topological polar surface area (TPSA) is 29.5 Å². The van der Waals surface area contributed by atoms with Gasteiger partial charge in [-0.2, -0.15) is 0 Å². The molecule has 0 aliphatic carbocycles. The molecule has 1 saturated heterocycles. The Morgan fingerprint density at radius 1 is 1.44 bits per heavy atom. The number of hydrogen-bond acceptors (Lipinski definition) is 3. The van der Waals surface area contributed by atoms with E-state index in [1.54, 1.807) is 0 Å². The van der Waals surface area contributed by atoms with Gasteiger partial charge in [0.1, 0.15) is 5.78 Å². The number of nitrogens with zero attached hydrogens (tertiary/aromatic N) is 1. The molecule has 1 aliphatic rings. The molecule has 1 heterocycles. The van der Waals surface area contributed by atoms with Gasteiger partial charge < -0.3 is 9.64 Å². The van der Waals surface area contributed by atoms with E-state index in [4.69, 9.17) is 4.74 Å². The lowest BCUT2D eigenvalue weighted by Crippen LogP contribution is -2.40. The van der Waals surface area contributed by atoms with Gasteiger partial charge in [-0.05, 0) is 39.3 Å². The minimum atomic E-state index is 0.387. The van der Waals surface area contributed by atoms with Gasteiger partial charge >= 0.3 is 0 Å². The molecular formula is C13H25NO2. The minimum absolute atomic E-state index is 0.387. The van der Waals surface area contributed by atoms with Gasteiger partial charge in [-0.3, -0.25) is 4.79 Å². The minimum Gasteiger partial charge on any atom is -0.377 e. The van der Waals surface area contributed by atoms with E-state index in [-0.39, 0.29) is 0 Å². The van der Waals surface area contributed by atoms with Crippen LogP contribution in [0.3, 0.4) is 0 Å². The van der Waals surface area contributed by atoms with E-state index in [0.717, 1.165) is 32.5 Å². The zero-order valence-electron chi connectivity index (χ0n) is 10.7. The smallest absolute Gasteiger partial charge is 0.132 e. The summed E-state index contributed by atoms with van der Waals surface area (Å²) in [6.07, 6.45) is 5.27. The van der Waals surface area contributed by atoms with Crippen molar-refractivity contribution in [3.05, 3.63) is 0 Å². The van der Waals surface area contributed by atoms with Gasteiger partial charge in [0.2, 0.25) is 0 Å². The third-order valence-corrected chi connectivity index (χ3v) is 3.19. The Balaban J connectivity index is 2.14. The molecule has 1 rings (SSSR count). The number of carbonyl (C=O) groups is 1. The van der Waals surface area contributed by atoms with Gasteiger partial charge in [-0.15, -0.1) is 0 Å². The van der Waals surface area contributed by atoms with Crippen LogP contribution in [0.4, 0.5) is 0 Å². The lowest BCUT2D eigenvalue weighted by molar-refractivity contribution is -0.118. The Labute approximate surface area is 99.1 Å². The second kappa shape index (κ2) is 7.80. The van der Waals surface area contributed by atoms with E-state index in [2.05, 4.69) is 11.8 Å². The molecule has 1 fully saturated rings. The molecule has 0 saturated carbocycles. The van der Waals surface area contributed by atoms with Crippen molar-refractivity contribution in [2.75, 3.05) is 26.2 Å². The Morgan fingerprint density at radius 2 is 2.25 bits per heavy atom. The molecule has 0 spiro atoms. The van der Waals surface area contributed by atoms with Crippen molar-refractivity contribution >= 4 is 5.78 Å². The zero-order chi connectivity index (χ0) is 11.8. The molecule has 1 aliphatic heterocycles. The van der Waals surface area contributed by atoms with Crippen LogP contribution in [-0.4, -0.2) is 43.0 Å². The van der Waals surface area contributed by atoms with Crippen molar-refractivity contribution in [1.82, 2.24) is 4.90 Å². The maximum absolute atomic E-state index is 11.2. The predicted molar refractivity (Wildman–Crippen MR) is 65.6 cm³/mol. The highest BCUT2D eigenvalue weighted by atomic mass is 16.5. The molecule has 3 heteroatoms. The quantitative estimate of drug-likeness (QED) is 0.668. The first kappa shape index (κ1) is 13.7. The number of piperidine rings is 1. The summed E-state index contributed by atoms with van der Waals surface area (Å²) in [7, 11) is 0. The molecule has 1 atom stereocenters.